The van der Waals surface area contributed by atoms with Crippen LogP contribution in [0.2, 0.25) is 0 Å². The smallest absolute Gasteiger partial charge is 0.218 e. The fourth-order valence-electron chi connectivity index (χ4n) is 0.984. The van der Waals surface area contributed by atoms with Crippen LogP contribution in [0.25, 0.3) is 0 Å². The van der Waals surface area contributed by atoms with Gasteiger partial charge in [-0.15, -0.1) is 0 Å². The van der Waals surface area contributed by atoms with E-state index >= 15 is 0 Å². The third-order valence-corrected chi connectivity index (χ3v) is 2.43. The van der Waals surface area contributed by atoms with E-state index in [0.29, 0.717) is 0 Å². The summed E-state index contributed by atoms with van der Waals surface area (Å²) in [7, 11) is -3.40. The number of nitrogens with two attached hydrogens (primary N) is 1. The van der Waals surface area contributed by atoms with Crippen molar-refractivity contribution in [3.8, 4) is 0 Å². The molecule has 0 amide bonds. The number of furan rings is 1. The van der Waals surface area contributed by atoms with Crippen molar-refractivity contribution in [2.75, 3.05) is 0 Å². The Bertz CT molecular complexity index is 400. The maximum Gasteiger partial charge on any atom is 0.218 e. The molecule has 0 saturated carbocycles. The highest BCUT2D eigenvalue weighted by atomic mass is 32.2. The second-order valence-electron chi connectivity index (χ2n) is 3.28. The molecule has 1 heterocycles. The monoisotopic (exact) mass is 204 g/mol. The van der Waals surface area contributed by atoms with Gasteiger partial charge in [-0.25, -0.2) is 14.1 Å². The normalized spacial score (nSPS) is 16.9. The Morgan fingerprint density at radius 1 is 1.69 bits per heavy atom. The molecule has 1 unspecified atom stereocenters. The molecule has 5 nitrogen and oxygen atoms in total. The second-order valence-corrected chi connectivity index (χ2v) is 4.85. The lowest BCUT2D eigenvalue weighted by molar-refractivity contribution is 0.0733. The Morgan fingerprint density at radius 3 is 2.54 bits per heavy atom. The highest BCUT2D eigenvalue weighted by molar-refractivity contribution is 7.90. The first-order chi connectivity index (χ1) is 5.73. The summed E-state index contributed by atoms with van der Waals surface area (Å²) < 4.78 is 23.1. The molecular formula is C7H12N2O3S. The van der Waals surface area contributed by atoms with E-state index in [1.165, 1.54) is 26.2 Å². The zero-order chi connectivity index (χ0) is 10.3. The van der Waals surface area contributed by atoms with Gasteiger partial charge in [-0.05, 0) is 19.9 Å². The molecule has 13 heavy (non-hydrogen) atoms. The Morgan fingerprint density at radius 2 is 2.23 bits per heavy atom. The van der Waals surface area contributed by atoms with E-state index in [0.717, 1.165) is 0 Å². The quantitative estimate of drug-likeness (QED) is 0.663. The standard InChI is InChI=1S/C7H12N2O3S/c1-7(2,10)5-3-4-12-6(5)13(8,9)11/h3-4,10H,1-2H3,(H3,8,9,11). The van der Waals surface area contributed by atoms with Gasteiger partial charge in [-0.1, -0.05) is 0 Å². The molecule has 0 aliphatic rings. The van der Waals surface area contributed by atoms with Crippen LogP contribution in [-0.4, -0.2) is 9.32 Å². The molecule has 0 aliphatic heterocycles. The Labute approximate surface area is 76.7 Å². The average Bonchev–Trinajstić information content (AvgIpc) is 2.27. The van der Waals surface area contributed by atoms with Crippen LogP contribution in [0.4, 0.5) is 0 Å². The lowest BCUT2D eigenvalue weighted by atomic mass is 10.0. The highest BCUT2D eigenvalue weighted by Gasteiger charge is 2.26. The van der Waals surface area contributed by atoms with Gasteiger partial charge in [-0.3, -0.25) is 0 Å². The first-order valence-electron chi connectivity index (χ1n) is 3.60. The molecule has 0 bridgehead atoms. The molecule has 1 aromatic rings. The van der Waals surface area contributed by atoms with Crippen LogP contribution in [0.5, 0.6) is 0 Å². The summed E-state index contributed by atoms with van der Waals surface area (Å²) in [5, 5.41) is 14.5. The first kappa shape index (κ1) is 10.2. The van der Waals surface area contributed by atoms with Crippen molar-refractivity contribution < 1.29 is 13.7 Å². The molecule has 1 rings (SSSR count). The van der Waals surface area contributed by atoms with Crippen molar-refractivity contribution in [2.45, 2.75) is 24.5 Å². The van der Waals surface area contributed by atoms with Crippen molar-refractivity contribution in [3.05, 3.63) is 17.9 Å². The predicted octanol–water partition coefficient (Wildman–Crippen LogP) is 0.786. The lowest BCUT2D eigenvalue weighted by Gasteiger charge is -2.16. The van der Waals surface area contributed by atoms with Crippen LogP contribution in [-0.2, 0) is 15.5 Å². The molecule has 0 aliphatic carbocycles. The summed E-state index contributed by atoms with van der Waals surface area (Å²) in [6, 6.07) is 1.45. The van der Waals surface area contributed by atoms with Crippen LogP contribution < -0.4 is 5.14 Å². The van der Waals surface area contributed by atoms with Gasteiger partial charge in [0.2, 0.25) is 5.09 Å². The molecule has 1 atom stereocenters. The molecule has 6 heteroatoms. The molecule has 4 N–H and O–H groups in total. The van der Waals surface area contributed by atoms with Gasteiger partial charge >= 0.3 is 0 Å². The largest absolute Gasteiger partial charge is 0.453 e. The fourth-order valence-corrected chi connectivity index (χ4v) is 1.83. The molecule has 0 radical (unpaired) electrons. The highest BCUT2D eigenvalue weighted by Crippen LogP contribution is 2.27. The zero-order valence-corrected chi connectivity index (χ0v) is 8.22. The van der Waals surface area contributed by atoms with E-state index in [1.807, 2.05) is 0 Å². The van der Waals surface area contributed by atoms with E-state index in [-0.39, 0.29) is 10.7 Å². The summed E-state index contributed by atoms with van der Waals surface area (Å²) >= 11 is 0. The van der Waals surface area contributed by atoms with Crippen LogP contribution >= 0.6 is 0 Å². The van der Waals surface area contributed by atoms with Crippen LogP contribution in [0.15, 0.2) is 21.8 Å². The van der Waals surface area contributed by atoms with Crippen molar-refractivity contribution in [1.82, 2.24) is 0 Å². The van der Waals surface area contributed by atoms with E-state index in [4.69, 9.17) is 14.3 Å². The van der Waals surface area contributed by atoms with Crippen LogP contribution in [0.3, 0.4) is 0 Å². The van der Waals surface area contributed by atoms with E-state index < -0.39 is 15.5 Å². The number of hydrogen-bond acceptors (Lipinski definition) is 4. The molecule has 1 aromatic heterocycles. The summed E-state index contributed by atoms with van der Waals surface area (Å²) in [5.41, 5.74) is -0.916. The fraction of sp³-hybridized carbons (Fsp3) is 0.429. The third-order valence-electron chi connectivity index (χ3n) is 1.56. The van der Waals surface area contributed by atoms with Crippen LogP contribution in [0, 0.1) is 4.78 Å². The number of hydrogen-bond donors (Lipinski definition) is 3. The Balaban J connectivity index is 3.35. The summed E-state index contributed by atoms with van der Waals surface area (Å²) in [6.45, 7) is 3.01. The summed E-state index contributed by atoms with van der Waals surface area (Å²) in [6.07, 6.45) is 1.25. The van der Waals surface area contributed by atoms with Crippen molar-refractivity contribution >= 4 is 9.92 Å². The van der Waals surface area contributed by atoms with Crippen molar-refractivity contribution in [3.63, 3.8) is 0 Å². The number of rotatable bonds is 2. The Kier molecular flexibility index (Phi) is 2.23. The zero-order valence-electron chi connectivity index (χ0n) is 7.40. The van der Waals surface area contributed by atoms with Crippen LogP contribution in [0.1, 0.15) is 19.4 Å². The maximum atomic E-state index is 11.2. The topological polar surface area (TPSA) is 100 Å². The molecule has 0 fully saturated rings. The number of nitrogens with one attached hydrogen (secondary N) is 1. The van der Waals surface area contributed by atoms with Gasteiger partial charge < -0.3 is 9.52 Å². The lowest BCUT2D eigenvalue weighted by Crippen LogP contribution is -2.20. The Hall–Kier alpha value is -0.850. The minimum Gasteiger partial charge on any atom is -0.453 e. The average molecular weight is 204 g/mol. The minimum atomic E-state index is -3.40. The van der Waals surface area contributed by atoms with Gasteiger partial charge in [-0.2, -0.15) is 0 Å². The number of aliphatic hydroxyl groups is 1. The van der Waals surface area contributed by atoms with Crippen molar-refractivity contribution in [1.29, 1.82) is 4.78 Å². The summed E-state index contributed by atoms with van der Waals surface area (Å²) in [4.78, 5) is 0. The van der Waals surface area contributed by atoms with Crippen molar-refractivity contribution in [2.24, 2.45) is 5.14 Å². The van der Waals surface area contributed by atoms with E-state index in [2.05, 4.69) is 0 Å². The second kappa shape index (κ2) is 2.83. The van der Waals surface area contributed by atoms with Gasteiger partial charge in [0.15, 0.2) is 9.92 Å². The maximum absolute atomic E-state index is 11.2. The SMILES string of the molecule is CC(C)(O)c1ccoc1S(=N)(N)=O. The predicted molar refractivity (Wildman–Crippen MR) is 47.3 cm³/mol. The third kappa shape index (κ3) is 2.09. The van der Waals surface area contributed by atoms with E-state index in [9.17, 15) is 9.32 Å². The minimum absolute atomic E-state index is 0.167. The first-order valence-corrected chi connectivity index (χ1v) is 5.22. The van der Waals surface area contributed by atoms with Gasteiger partial charge in [0.05, 0.1) is 11.9 Å². The molecule has 0 saturated heterocycles. The van der Waals surface area contributed by atoms with Gasteiger partial charge in [0.1, 0.15) is 0 Å². The van der Waals surface area contributed by atoms with E-state index in [1.54, 1.807) is 0 Å². The van der Waals surface area contributed by atoms with Gasteiger partial charge in [0.25, 0.3) is 0 Å². The summed E-state index contributed by atoms with van der Waals surface area (Å²) in [5.74, 6) is 0. The van der Waals surface area contributed by atoms with Gasteiger partial charge in [0, 0.05) is 5.56 Å². The molecule has 0 spiro atoms. The molecular weight excluding hydrogens is 192 g/mol. The molecule has 74 valence electrons. The molecule has 0 aromatic carbocycles.